The number of benzene rings is 1. The summed E-state index contributed by atoms with van der Waals surface area (Å²) in [6.07, 6.45) is 1.18. The third-order valence-corrected chi connectivity index (χ3v) is 5.50. The first-order valence-corrected chi connectivity index (χ1v) is 9.71. The fourth-order valence-electron chi connectivity index (χ4n) is 2.82. The van der Waals surface area contributed by atoms with Gasteiger partial charge in [0.25, 0.3) is 5.56 Å². The molecule has 0 spiro atoms. The average molecular weight is 404 g/mol. The van der Waals surface area contributed by atoms with Crippen molar-refractivity contribution in [2.24, 2.45) is 14.1 Å². The Morgan fingerprint density at radius 1 is 1.26 bits per heavy atom. The molecular weight excluding hydrogens is 386 g/mol. The van der Waals surface area contributed by atoms with Crippen LogP contribution in [0.4, 0.5) is 0 Å². The molecular formula is C18H18ClN5O2S. The third-order valence-electron chi connectivity index (χ3n) is 4.21. The molecule has 0 atom stereocenters. The molecule has 0 aliphatic heterocycles. The normalized spacial score (nSPS) is 11.0. The molecule has 0 amide bonds. The Morgan fingerprint density at radius 2 is 2.04 bits per heavy atom. The Morgan fingerprint density at radius 3 is 2.74 bits per heavy atom. The molecule has 0 bridgehead atoms. The molecule has 0 N–H and O–H groups in total. The highest BCUT2D eigenvalue weighted by atomic mass is 35.5. The number of hydrogen-bond donors (Lipinski definition) is 0. The molecule has 27 heavy (non-hydrogen) atoms. The first-order chi connectivity index (χ1) is 12.9. The molecule has 140 valence electrons. The van der Waals surface area contributed by atoms with Crippen LogP contribution in [0.1, 0.15) is 18.4 Å². The highest BCUT2D eigenvalue weighted by Gasteiger charge is 2.19. The zero-order valence-corrected chi connectivity index (χ0v) is 16.5. The van der Waals surface area contributed by atoms with Gasteiger partial charge in [-0.1, -0.05) is 35.5 Å². The van der Waals surface area contributed by atoms with E-state index in [0.717, 1.165) is 16.6 Å². The fraction of sp³-hybridized carbons (Fsp3) is 0.333. The maximum atomic E-state index is 12.8. The second kappa shape index (κ2) is 8.03. The number of unbranched alkanes of at least 4 members (excludes halogenated alkanes) is 1. The van der Waals surface area contributed by atoms with Crippen LogP contribution in [-0.4, -0.2) is 24.4 Å². The predicted octanol–water partition coefficient (Wildman–Crippen LogP) is 2.53. The summed E-state index contributed by atoms with van der Waals surface area (Å²) >= 11 is 7.56. The molecule has 7 nitrogen and oxygen atoms in total. The number of aromatic nitrogens is 4. The van der Waals surface area contributed by atoms with E-state index in [1.54, 1.807) is 13.1 Å². The van der Waals surface area contributed by atoms with Crippen molar-refractivity contribution in [2.75, 3.05) is 5.75 Å². The summed E-state index contributed by atoms with van der Waals surface area (Å²) in [5, 5.41) is 9.96. The monoisotopic (exact) mass is 403 g/mol. The minimum atomic E-state index is -0.416. The van der Waals surface area contributed by atoms with E-state index < -0.39 is 5.69 Å². The number of aryl methyl sites for hydroxylation is 1. The van der Waals surface area contributed by atoms with Gasteiger partial charge in [0.05, 0.1) is 12.6 Å². The molecule has 3 rings (SSSR count). The van der Waals surface area contributed by atoms with Crippen molar-refractivity contribution in [2.45, 2.75) is 24.5 Å². The van der Waals surface area contributed by atoms with Crippen molar-refractivity contribution >= 4 is 34.5 Å². The van der Waals surface area contributed by atoms with E-state index in [9.17, 15) is 9.59 Å². The van der Waals surface area contributed by atoms with Crippen molar-refractivity contribution in [3.8, 4) is 6.07 Å². The lowest BCUT2D eigenvalue weighted by Gasteiger charge is -2.10. The number of halogens is 1. The van der Waals surface area contributed by atoms with Crippen LogP contribution in [0.2, 0.25) is 5.02 Å². The summed E-state index contributed by atoms with van der Waals surface area (Å²) in [6, 6.07) is 9.52. The topological polar surface area (TPSA) is 85.6 Å². The number of hydrogen-bond acceptors (Lipinski definition) is 5. The zero-order valence-electron chi connectivity index (χ0n) is 15.0. The number of fused-ring (bicyclic) bond motifs is 1. The lowest BCUT2D eigenvalue weighted by atomic mass is 10.2. The molecule has 2 heterocycles. The van der Waals surface area contributed by atoms with Crippen LogP contribution in [-0.2, 0) is 20.6 Å². The van der Waals surface area contributed by atoms with E-state index in [0.29, 0.717) is 40.1 Å². The summed E-state index contributed by atoms with van der Waals surface area (Å²) in [5.74, 6) is 0.695. The Hall–Kier alpha value is -2.50. The molecule has 0 unspecified atom stereocenters. The summed E-state index contributed by atoms with van der Waals surface area (Å²) in [5.41, 5.74) is 0.860. The number of nitriles is 1. The van der Waals surface area contributed by atoms with E-state index in [2.05, 4.69) is 11.1 Å². The van der Waals surface area contributed by atoms with Gasteiger partial charge in [0.1, 0.15) is 0 Å². The van der Waals surface area contributed by atoms with Gasteiger partial charge in [0, 0.05) is 31.3 Å². The van der Waals surface area contributed by atoms with Gasteiger partial charge in [0.2, 0.25) is 0 Å². The standard InChI is InChI=1S/C18H18ClN5O2S/c1-22-15-14(16(25)23(2)18(22)26)24(11-12-6-5-7-13(19)10-12)17(21-15)27-9-4-3-8-20/h5-7,10H,3-4,9,11H2,1-2H3. The Bertz CT molecular complexity index is 1160. The van der Waals surface area contributed by atoms with Gasteiger partial charge in [-0.2, -0.15) is 5.26 Å². The smallest absolute Gasteiger partial charge is 0.309 e. The number of thioether (sulfide) groups is 1. The third kappa shape index (κ3) is 3.80. The van der Waals surface area contributed by atoms with Gasteiger partial charge in [-0.15, -0.1) is 0 Å². The molecule has 0 saturated carbocycles. The van der Waals surface area contributed by atoms with E-state index in [4.69, 9.17) is 16.9 Å². The molecule has 1 aromatic carbocycles. The van der Waals surface area contributed by atoms with Gasteiger partial charge in [-0.25, -0.2) is 9.78 Å². The molecule has 0 saturated heterocycles. The molecule has 0 aliphatic carbocycles. The van der Waals surface area contributed by atoms with Crippen molar-refractivity contribution in [3.05, 3.63) is 55.7 Å². The average Bonchev–Trinajstić information content (AvgIpc) is 3.00. The van der Waals surface area contributed by atoms with Crippen LogP contribution in [0.15, 0.2) is 39.0 Å². The second-order valence-electron chi connectivity index (χ2n) is 6.10. The van der Waals surface area contributed by atoms with Crippen molar-refractivity contribution in [1.82, 2.24) is 18.7 Å². The predicted molar refractivity (Wildman–Crippen MR) is 106 cm³/mol. The van der Waals surface area contributed by atoms with Crippen LogP contribution in [0.5, 0.6) is 0 Å². The van der Waals surface area contributed by atoms with Crippen LogP contribution in [0.3, 0.4) is 0 Å². The van der Waals surface area contributed by atoms with Crippen LogP contribution in [0.25, 0.3) is 11.2 Å². The van der Waals surface area contributed by atoms with E-state index >= 15 is 0 Å². The Labute approximate surface area is 164 Å². The Balaban J connectivity index is 2.16. The largest absolute Gasteiger partial charge is 0.332 e. The number of rotatable bonds is 6. The van der Waals surface area contributed by atoms with Gasteiger partial charge in [-0.05, 0) is 24.1 Å². The second-order valence-corrected chi connectivity index (χ2v) is 7.60. The fourth-order valence-corrected chi connectivity index (χ4v) is 3.96. The lowest BCUT2D eigenvalue weighted by molar-refractivity contribution is 0.696. The van der Waals surface area contributed by atoms with Crippen LogP contribution >= 0.6 is 23.4 Å². The van der Waals surface area contributed by atoms with Crippen LogP contribution in [0, 0.1) is 11.3 Å². The maximum absolute atomic E-state index is 12.8. The molecule has 9 heteroatoms. The maximum Gasteiger partial charge on any atom is 0.332 e. The van der Waals surface area contributed by atoms with Crippen molar-refractivity contribution < 1.29 is 0 Å². The highest BCUT2D eigenvalue weighted by Crippen LogP contribution is 2.24. The molecule has 0 radical (unpaired) electrons. The molecule has 2 aromatic heterocycles. The summed E-state index contributed by atoms with van der Waals surface area (Å²) in [7, 11) is 3.06. The SMILES string of the molecule is Cn1c(=O)c2c(nc(SCCCC#N)n2Cc2cccc(Cl)c2)n(C)c1=O. The highest BCUT2D eigenvalue weighted by molar-refractivity contribution is 7.99. The molecule has 3 aromatic rings. The van der Waals surface area contributed by atoms with Gasteiger partial charge < -0.3 is 4.57 Å². The van der Waals surface area contributed by atoms with Crippen LogP contribution < -0.4 is 11.2 Å². The minimum Gasteiger partial charge on any atom is -0.309 e. The van der Waals surface area contributed by atoms with E-state index in [1.165, 1.54) is 23.4 Å². The molecule has 0 fully saturated rings. The van der Waals surface area contributed by atoms with Gasteiger partial charge >= 0.3 is 5.69 Å². The minimum absolute atomic E-state index is 0.355. The zero-order chi connectivity index (χ0) is 19.6. The summed E-state index contributed by atoms with van der Waals surface area (Å²) < 4.78 is 4.28. The first kappa shape index (κ1) is 19.3. The molecule has 0 aliphatic rings. The van der Waals surface area contributed by atoms with Crippen molar-refractivity contribution in [1.29, 1.82) is 5.26 Å². The lowest BCUT2D eigenvalue weighted by Crippen LogP contribution is -2.37. The number of nitrogens with zero attached hydrogens (tertiary/aromatic N) is 5. The quantitative estimate of drug-likeness (QED) is 0.466. The van der Waals surface area contributed by atoms with E-state index in [1.807, 2.05) is 22.8 Å². The first-order valence-electron chi connectivity index (χ1n) is 8.34. The van der Waals surface area contributed by atoms with Gasteiger partial charge in [-0.3, -0.25) is 13.9 Å². The summed E-state index contributed by atoms with van der Waals surface area (Å²) in [4.78, 5) is 29.6. The number of imidazole rings is 1. The van der Waals surface area contributed by atoms with Gasteiger partial charge in [0.15, 0.2) is 16.3 Å². The van der Waals surface area contributed by atoms with Crippen molar-refractivity contribution in [3.63, 3.8) is 0 Å². The van der Waals surface area contributed by atoms with E-state index in [-0.39, 0.29) is 5.56 Å². The summed E-state index contributed by atoms with van der Waals surface area (Å²) in [6.45, 7) is 0.408. The Kier molecular flexibility index (Phi) is 5.73.